The summed E-state index contributed by atoms with van der Waals surface area (Å²) in [5.41, 5.74) is 2.95. The van der Waals surface area contributed by atoms with Gasteiger partial charge in [0.1, 0.15) is 5.76 Å². The van der Waals surface area contributed by atoms with Crippen LogP contribution in [0.25, 0.3) is 0 Å². The third-order valence-electron chi connectivity index (χ3n) is 2.78. The van der Waals surface area contributed by atoms with Gasteiger partial charge in [0.25, 0.3) is 0 Å². The van der Waals surface area contributed by atoms with E-state index < -0.39 is 6.10 Å². The first-order chi connectivity index (χ1) is 7.58. The molecule has 1 N–H and O–H groups in total. The van der Waals surface area contributed by atoms with Gasteiger partial charge in [-0.3, -0.25) is 0 Å². The van der Waals surface area contributed by atoms with Crippen molar-refractivity contribution in [1.29, 1.82) is 0 Å². The molecule has 2 aromatic rings. The van der Waals surface area contributed by atoms with Crippen LogP contribution < -0.4 is 0 Å². The van der Waals surface area contributed by atoms with E-state index >= 15 is 0 Å². The highest BCUT2D eigenvalue weighted by molar-refractivity contribution is 5.22. The smallest absolute Gasteiger partial charge is 0.138 e. The van der Waals surface area contributed by atoms with Gasteiger partial charge in [-0.15, -0.1) is 0 Å². The molecule has 86 valence electrons. The lowest BCUT2D eigenvalue weighted by Crippen LogP contribution is -1.99. The summed E-state index contributed by atoms with van der Waals surface area (Å²) in [5, 5.41) is 13.3. The molecule has 4 nitrogen and oxygen atoms in total. The van der Waals surface area contributed by atoms with E-state index in [0.29, 0.717) is 0 Å². The number of hydrogen-bond donors (Lipinski definition) is 1. The Morgan fingerprint density at radius 2 is 2.25 bits per heavy atom. The summed E-state index contributed by atoms with van der Waals surface area (Å²) in [4.78, 5) is 0. The molecule has 0 spiro atoms. The number of nitrogens with zero attached hydrogens (tertiary/aromatic N) is 2. The fourth-order valence-corrected chi connectivity index (χ4v) is 1.72. The van der Waals surface area contributed by atoms with Crippen LogP contribution in [-0.4, -0.2) is 14.8 Å². The Kier molecular flexibility index (Phi) is 2.83. The zero-order valence-corrected chi connectivity index (χ0v) is 9.77. The lowest BCUT2D eigenvalue weighted by molar-refractivity contribution is 0.199. The maximum Gasteiger partial charge on any atom is 0.138 e. The van der Waals surface area contributed by atoms with Gasteiger partial charge in [-0.2, -0.15) is 0 Å². The fraction of sp³-hybridized carbons (Fsp3) is 0.417. The monoisotopic (exact) mass is 220 g/mol. The molecule has 0 bridgehead atoms. The minimum absolute atomic E-state index is 0.425. The van der Waals surface area contributed by atoms with Crippen LogP contribution in [0.4, 0.5) is 0 Å². The van der Waals surface area contributed by atoms with Gasteiger partial charge < -0.3 is 14.2 Å². The van der Waals surface area contributed by atoms with Crippen LogP contribution in [-0.2, 0) is 6.54 Å². The van der Waals surface area contributed by atoms with Crippen LogP contribution in [0.3, 0.4) is 0 Å². The number of rotatable bonds is 3. The minimum Gasteiger partial charge on any atom is -0.389 e. The number of aliphatic hydroxyl groups is 1. The van der Waals surface area contributed by atoms with E-state index in [1.165, 1.54) is 0 Å². The van der Waals surface area contributed by atoms with Gasteiger partial charge in [0.05, 0.1) is 18.3 Å². The van der Waals surface area contributed by atoms with Gasteiger partial charge in [-0.25, -0.2) is 0 Å². The summed E-state index contributed by atoms with van der Waals surface area (Å²) in [6, 6.07) is 1.92. The SMILES string of the molecule is Cc1noc(C)c1Cn1ccc(C(C)O)c1. The Morgan fingerprint density at radius 1 is 1.50 bits per heavy atom. The molecule has 0 aliphatic carbocycles. The summed E-state index contributed by atoms with van der Waals surface area (Å²) in [5.74, 6) is 0.852. The van der Waals surface area contributed by atoms with Crippen molar-refractivity contribution in [3.05, 3.63) is 41.0 Å². The summed E-state index contributed by atoms with van der Waals surface area (Å²) < 4.78 is 7.13. The first-order valence-electron chi connectivity index (χ1n) is 5.33. The molecule has 2 rings (SSSR count). The molecule has 0 saturated heterocycles. The van der Waals surface area contributed by atoms with E-state index in [1.807, 2.05) is 36.9 Å². The third kappa shape index (κ3) is 2.02. The van der Waals surface area contributed by atoms with Crippen molar-refractivity contribution in [1.82, 2.24) is 9.72 Å². The van der Waals surface area contributed by atoms with Crippen LogP contribution in [0, 0.1) is 13.8 Å². The fourth-order valence-electron chi connectivity index (χ4n) is 1.72. The van der Waals surface area contributed by atoms with Crippen molar-refractivity contribution in [2.75, 3.05) is 0 Å². The Balaban J connectivity index is 2.21. The van der Waals surface area contributed by atoms with Gasteiger partial charge in [0.15, 0.2) is 0 Å². The maximum atomic E-state index is 9.43. The number of aryl methyl sites for hydroxylation is 2. The first kappa shape index (κ1) is 11.0. The average Bonchev–Trinajstić information content (AvgIpc) is 2.80. The normalized spacial score (nSPS) is 13.0. The van der Waals surface area contributed by atoms with E-state index in [1.54, 1.807) is 6.92 Å². The van der Waals surface area contributed by atoms with Crippen LogP contribution >= 0.6 is 0 Å². The Labute approximate surface area is 94.5 Å². The summed E-state index contributed by atoms with van der Waals surface area (Å²) in [7, 11) is 0. The van der Waals surface area contributed by atoms with Crippen molar-refractivity contribution in [2.24, 2.45) is 0 Å². The van der Waals surface area contributed by atoms with E-state index in [0.717, 1.165) is 29.1 Å². The van der Waals surface area contributed by atoms with E-state index in [4.69, 9.17) is 4.52 Å². The molecule has 0 aromatic carbocycles. The molecular weight excluding hydrogens is 204 g/mol. The quantitative estimate of drug-likeness (QED) is 0.862. The van der Waals surface area contributed by atoms with Gasteiger partial charge in [0.2, 0.25) is 0 Å². The Bertz CT molecular complexity index is 463. The van der Waals surface area contributed by atoms with Crippen molar-refractivity contribution >= 4 is 0 Å². The van der Waals surface area contributed by atoms with Crippen LogP contribution in [0.2, 0.25) is 0 Å². The molecule has 0 saturated carbocycles. The predicted octanol–water partition coefficient (Wildman–Crippen LogP) is 2.19. The molecule has 2 aromatic heterocycles. The second-order valence-corrected chi connectivity index (χ2v) is 4.10. The third-order valence-corrected chi connectivity index (χ3v) is 2.78. The first-order valence-corrected chi connectivity index (χ1v) is 5.33. The van der Waals surface area contributed by atoms with E-state index in [9.17, 15) is 5.11 Å². The molecule has 0 aliphatic heterocycles. The molecule has 0 aliphatic rings. The Hall–Kier alpha value is -1.55. The zero-order valence-electron chi connectivity index (χ0n) is 9.77. The second-order valence-electron chi connectivity index (χ2n) is 4.10. The zero-order chi connectivity index (χ0) is 11.7. The van der Waals surface area contributed by atoms with E-state index in [-0.39, 0.29) is 0 Å². The van der Waals surface area contributed by atoms with Crippen molar-refractivity contribution in [3.63, 3.8) is 0 Å². The van der Waals surface area contributed by atoms with Crippen molar-refractivity contribution in [2.45, 2.75) is 33.4 Å². The largest absolute Gasteiger partial charge is 0.389 e. The summed E-state index contributed by atoms with van der Waals surface area (Å²) >= 11 is 0. The molecule has 0 amide bonds. The van der Waals surface area contributed by atoms with Crippen molar-refractivity contribution in [3.8, 4) is 0 Å². The molecule has 2 heterocycles. The molecule has 0 radical (unpaired) electrons. The van der Waals surface area contributed by atoms with Gasteiger partial charge in [0, 0.05) is 18.0 Å². The van der Waals surface area contributed by atoms with Crippen molar-refractivity contribution < 1.29 is 9.63 Å². The predicted molar refractivity (Wildman–Crippen MR) is 60.1 cm³/mol. The van der Waals surface area contributed by atoms with Crippen LogP contribution in [0.1, 0.15) is 35.6 Å². The summed E-state index contributed by atoms with van der Waals surface area (Å²) in [6.45, 7) is 6.34. The molecule has 16 heavy (non-hydrogen) atoms. The van der Waals surface area contributed by atoms with Gasteiger partial charge >= 0.3 is 0 Å². The topological polar surface area (TPSA) is 51.2 Å². The lowest BCUT2D eigenvalue weighted by Gasteiger charge is -2.02. The average molecular weight is 220 g/mol. The second kappa shape index (κ2) is 4.14. The summed E-state index contributed by atoms with van der Waals surface area (Å²) in [6.07, 6.45) is 3.47. The molecule has 1 atom stereocenters. The Morgan fingerprint density at radius 3 is 2.75 bits per heavy atom. The highest BCUT2D eigenvalue weighted by Gasteiger charge is 2.10. The molecule has 4 heteroatoms. The lowest BCUT2D eigenvalue weighted by atomic mass is 10.2. The van der Waals surface area contributed by atoms with Gasteiger partial charge in [-0.1, -0.05) is 5.16 Å². The minimum atomic E-state index is -0.425. The molecule has 1 unspecified atom stereocenters. The number of hydrogen-bond acceptors (Lipinski definition) is 3. The van der Waals surface area contributed by atoms with E-state index in [2.05, 4.69) is 5.16 Å². The highest BCUT2D eigenvalue weighted by Crippen LogP contribution is 2.17. The van der Waals surface area contributed by atoms with Crippen LogP contribution in [0.15, 0.2) is 23.0 Å². The maximum absolute atomic E-state index is 9.43. The van der Waals surface area contributed by atoms with Gasteiger partial charge in [-0.05, 0) is 32.4 Å². The van der Waals surface area contributed by atoms with Crippen LogP contribution in [0.5, 0.6) is 0 Å². The highest BCUT2D eigenvalue weighted by atomic mass is 16.5. The standard InChI is InChI=1S/C12H16N2O2/c1-8-12(10(3)16-13-8)7-14-5-4-11(6-14)9(2)15/h4-6,9,15H,7H2,1-3H3. The molecule has 0 fully saturated rings. The number of aliphatic hydroxyl groups excluding tert-OH is 1. The molecular formula is C12H16N2O2. The number of aromatic nitrogens is 2.